The van der Waals surface area contributed by atoms with Crippen molar-refractivity contribution < 1.29 is 17.9 Å². The fourth-order valence-electron chi connectivity index (χ4n) is 2.41. The van der Waals surface area contributed by atoms with Gasteiger partial charge in [-0.15, -0.1) is 0 Å². The summed E-state index contributed by atoms with van der Waals surface area (Å²) < 4.78 is 34.0. The zero-order chi connectivity index (χ0) is 17.0. The summed E-state index contributed by atoms with van der Waals surface area (Å²) in [5.74, 6) is -0.126. The highest BCUT2D eigenvalue weighted by Crippen LogP contribution is 2.16. The summed E-state index contributed by atoms with van der Waals surface area (Å²) in [6, 6.07) is 6.28. The number of anilines is 1. The van der Waals surface area contributed by atoms with Gasteiger partial charge in [-0.05, 0) is 39.0 Å². The third-order valence-corrected chi connectivity index (χ3v) is 4.67. The quantitative estimate of drug-likeness (QED) is 0.842. The predicted octanol–water partition coefficient (Wildman–Crippen LogP) is 1.20. The van der Waals surface area contributed by atoms with E-state index >= 15 is 0 Å². The highest BCUT2D eigenvalue weighted by molar-refractivity contribution is 7.90. The van der Waals surface area contributed by atoms with Crippen LogP contribution in [0.15, 0.2) is 24.3 Å². The number of hydrogen-bond acceptors (Lipinski definition) is 4. The molecule has 8 heteroatoms. The average molecular weight is 341 g/mol. The van der Waals surface area contributed by atoms with Crippen molar-refractivity contribution in [3.05, 3.63) is 29.8 Å². The number of benzene rings is 1. The minimum Gasteiger partial charge on any atom is -0.377 e. The molecular formula is C15H23N3O4S. The highest BCUT2D eigenvalue weighted by atomic mass is 32.2. The van der Waals surface area contributed by atoms with Gasteiger partial charge in [-0.3, -0.25) is 9.52 Å². The molecule has 0 spiro atoms. The Morgan fingerprint density at radius 1 is 1.39 bits per heavy atom. The zero-order valence-electron chi connectivity index (χ0n) is 13.6. The Kier molecular flexibility index (Phi) is 5.61. The van der Waals surface area contributed by atoms with Crippen LogP contribution in [0.3, 0.4) is 0 Å². The van der Waals surface area contributed by atoms with Crippen LogP contribution in [0.25, 0.3) is 0 Å². The second-order valence-corrected chi connectivity index (χ2v) is 7.33. The molecular weight excluding hydrogens is 318 g/mol. The predicted molar refractivity (Wildman–Crippen MR) is 88.6 cm³/mol. The van der Waals surface area contributed by atoms with E-state index in [4.69, 9.17) is 4.74 Å². The smallest absolute Gasteiger partial charge is 0.299 e. The molecule has 1 aliphatic heterocycles. The molecule has 0 saturated carbocycles. The first-order valence-corrected chi connectivity index (χ1v) is 9.05. The van der Waals surface area contributed by atoms with E-state index in [2.05, 4.69) is 9.44 Å². The molecule has 0 radical (unpaired) electrons. The van der Waals surface area contributed by atoms with Crippen LogP contribution < -0.4 is 9.44 Å². The number of carbonyl (C=O) groups excluding carboxylic acids is 1. The minimum atomic E-state index is -3.66. The van der Waals surface area contributed by atoms with Gasteiger partial charge in [-0.1, -0.05) is 6.07 Å². The van der Waals surface area contributed by atoms with E-state index < -0.39 is 10.2 Å². The van der Waals surface area contributed by atoms with E-state index in [-0.39, 0.29) is 18.0 Å². The molecule has 1 aromatic carbocycles. The number of rotatable bonds is 5. The van der Waals surface area contributed by atoms with Gasteiger partial charge in [-0.25, -0.2) is 0 Å². The van der Waals surface area contributed by atoms with E-state index in [1.807, 2.05) is 6.92 Å². The van der Waals surface area contributed by atoms with Crippen molar-refractivity contribution in [3.8, 4) is 0 Å². The van der Waals surface area contributed by atoms with Crippen LogP contribution >= 0.6 is 0 Å². The molecule has 1 aromatic rings. The molecule has 23 heavy (non-hydrogen) atoms. The van der Waals surface area contributed by atoms with Gasteiger partial charge >= 0.3 is 0 Å². The number of amides is 1. The Bertz CT molecular complexity index is 660. The molecule has 1 aliphatic rings. The lowest BCUT2D eigenvalue weighted by Gasteiger charge is -2.33. The molecule has 7 nitrogen and oxygen atoms in total. The van der Waals surface area contributed by atoms with Crippen LogP contribution in [0, 0.1) is 0 Å². The van der Waals surface area contributed by atoms with Crippen molar-refractivity contribution in [2.75, 3.05) is 24.5 Å². The Morgan fingerprint density at radius 3 is 2.78 bits per heavy atom. The average Bonchev–Trinajstić information content (AvgIpc) is 2.45. The molecule has 1 unspecified atom stereocenters. The number of carbonyl (C=O) groups is 1. The topological polar surface area (TPSA) is 87.7 Å². The molecule has 0 aliphatic carbocycles. The Hall–Kier alpha value is -1.64. The standard InChI is InChI=1S/C15H23N3O4S/c1-11(2)16-23(20,21)17-14-6-4-5-13(9-14)15(19)18-7-8-22-10-12(18)3/h4-6,9,11-12,16-17H,7-8,10H2,1-3H3. The number of morpholine rings is 1. The molecule has 2 rings (SSSR count). The van der Waals surface area contributed by atoms with Crippen LogP contribution in [0.5, 0.6) is 0 Å². The highest BCUT2D eigenvalue weighted by Gasteiger charge is 2.25. The van der Waals surface area contributed by atoms with Gasteiger partial charge in [0.15, 0.2) is 0 Å². The lowest BCUT2D eigenvalue weighted by molar-refractivity contribution is 0.00360. The summed E-state index contributed by atoms with van der Waals surface area (Å²) in [4.78, 5) is 14.3. The van der Waals surface area contributed by atoms with Gasteiger partial charge in [0.1, 0.15) is 0 Å². The summed E-state index contributed by atoms with van der Waals surface area (Å²) >= 11 is 0. The van der Waals surface area contributed by atoms with Crippen LogP contribution in [-0.4, -0.2) is 51.1 Å². The molecule has 2 N–H and O–H groups in total. The number of nitrogens with zero attached hydrogens (tertiary/aromatic N) is 1. The lowest BCUT2D eigenvalue weighted by atomic mass is 10.1. The van der Waals surface area contributed by atoms with Crippen LogP contribution in [-0.2, 0) is 14.9 Å². The fraction of sp³-hybridized carbons (Fsp3) is 0.533. The Morgan fingerprint density at radius 2 is 2.13 bits per heavy atom. The minimum absolute atomic E-state index is 0.000736. The molecule has 1 atom stereocenters. The Labute approximate surface area is 137 Å². The first-order valence-electron chi connectivity index (χ1n) is 7.57. The normalized spacial score (nSPS) is 19.0. The first kappa shape index (κ1) is 17.7. The zero-order valence-corrected chi connectivity index (χ0v) is 14.4. The van der Waals surface area contributed by atoms with Gasteiger partial charge in [0.05, 0.1) is 24.9 Å². The molecule has 1 amide bonds. The summed E-state index contributed by atoms with van der Waals surface area (Å²) in [5, 5.41) is 0. The lowest BCUT2D eigenvalue weighted by Crippen LogP contribution is -2.47. The summed E-state index contributed by atoms with van der Waals surface area (Å²) in [7, 11) is -3.66. The maximum absolute atomic E-state index is 12.6. The van der Waals surface area contributed by atoms with Crippen LogP contribution in [0.2, 0.25) is 0 Å². The van der Waals surface area contributed by atoms with Crippen molar-refractivity contribution in [2.24, 2.45) is 0 Å². The number of ether oxygens (including phenoxy) is 1. The van der Waals surface area contributed by atoms with Crippen molar-refractivity contribution in [1.82, 2.24) is 9.62 Å². The van der Waals surface area contributed by atoms with Crippen molar-refractivity contribution >= 4 is 21.8 Å². The van der Waals surface area contributed by atoms with Gasteiger partial charge in [0.25, 0.3) is 16.1 Å². The molecule has 0 bridgehead atoms. The monoisotopic (exact) mass is 341 g/mol. The van der Waals surface area contributed by atoms with Gasteiger partial charge in [0, 0.05) is 18.2 Å². The van der Waals surface area contributed by atoms with Gasteiger partial charge in [0.2, 0.25) is 0 Å². The van der Waals surface area contributed by atoms with Gasteiger partial charge in [-0.2, -0.15) is 13.1 Å². The maximum atomic E-state index is 12.6. The third-order valence-electron chi connectivity index (χ3n) is 3.38. The Balaban J connectivity index is 2.15. The molecule has 0 aromatic heterocycles. The van der Waals surface area contributed by atoms with Crippen molar-refractivity contribution in [3.63, 3.8) is 0 Å². The SMILES string of the molecule is CC(C)NS(=O)(=O)Nc1cccc(C(=O)N2CCOCC2C)c1. The van der Waals surface area contributed by atoms with E-state index in [9.17, 15) is 13.2 Å². The maximum Gasteiger partial charge on any atom is 0.299 e. The van der Waals surface area contributed by atoms with Crippen LogP contribution in [0.4, 0.5) is 5.69 Å². The van der Waals surface area contributed by atoms with E-state index in [1.165, 1.54) is 0 Å². The second-order valence-electron chi connectivity index (χ2n) is 5.88. The largest absolute Gasteiger partial charge is 0.377 e. The second kappa shape index (κ2) is 7.29. The van der Waals surface area contributed by atoms with Crippen molar-refractivity contribution in [1.29, 1.82) is 0 Å². The van der Waals surface area contributed by atoms with E-state index in [0.717, 1.165) is 0 Å². The molecule has 1 fully saturated rings. The third kappa shape index (κ3) is 4.92. The number of hydrogen-bond donors (Lipinski definition) is 2. The molecule has 1 saturated heterocycles. The summed E-state index contributed by atoms with van der Waals surface area (Å²) in [6.07, 6.45) is 0. The van der Waals surface area contributed by atoms with Gasteiger partial charge < -0.3 is 9.64 Å². The van der Waals surface area contributed by atoms with E-state index in [1.54, 1.807) is 43.0 Å². The van der Waals surface area contributed by atoms with E-state index in [0.29, 0.717) is 31.0 Å². The van der Waals surface area contributed by atoms with Crippen molar-refractivity contribution in [2.45, 2.75) is 32.9 Å². The summed E-state index contributed by atoms with van der Waals surface area (Å²) in [6.45, 7) is 6.95. The summed E-state index contributed by atoms with van der Waals surface area (Å²) in [5.41, 5.74) is 0.799. The number of nitrogens with one attached hydrogen (secondary N) is 2. The van der Waals surface area contributed by atoms with Crippen LogP contribution in [0.1, 0.15) is 31.1 Å². The molecule has 1 heterocycles. The first-order chi connectivity index (χ1) is 10.8. The molecule has 128 valence electrons. The fourth-order valence-corrected chi connectivity index (χ4v) is 3.52.